The molecule has 0 spiro atoms. The summed E-state index contributed by atoms with van der Waals surface area (Å²) in [6.07, 6.45) is 15.0. The van der Waals surface area contributed by atoms with Crippen molar-refractivity contribution in [2.45, 2.75) is 162 Å². The summed E-state index contributed by atoms with van der Waals surface area (Å²) >= 11 is 0. The summed E-state index contributed by atoms with van der Waals surface area (Å²) in [5, 5.41) is 3.50. The molecule has 37 heavy (non-hydrogen) atoms. The minimum Gasteiger partial charge on any atom is -0.402 e. The smallest absolute Gasteiger partial charge is 0.252 e. The minimum atomic E-state index is -2.11. The molecule has 1 N–H and O–H groups in total. The molecular weight excluding hydrogens is 470 g/mol. The monoisotopic (exact) mass is 531 g/mol. The van der Waals surface area contributed by atoms with Crippen molar-refractivity contribution in [1.29, 1.82) is 0 Å². The zero-order valence-electron chi connectivity index (χ0n) is 26.3. The third kappa shape index (κ3) is 5.38. The Morgan fingerprint density at radius 1 is 0.838 bits per heavy atom. The molecule has 0 heterocycles. The lowest BCUT2D eigenvalue weighted by Crippen LogP contribution is -2.70. The number of fused-ring (bicyclic) bond motifs is 3. The summed E-state index contributed by atoms with van der Waals surface area (Å²) in [5.74, 6) is 3.67. The lowest BCUT2D eigenvalue weighted by molar-refractivity contribution is -0.187. The second kappa shape index (κ2) is 10.2. The van der Waals surface area contributed by atoms with Crippen molar-refractivity contribution in [3.63, 3.8) is 0 Å². The molecule has 214 valence electrons. The first-order chi connectivity index (χ1) is 17.0. The lowest BCUT2D eigenvalue weighted by Gasteiger charge is -2.63. The molecule has 7 atom stereocenters. The Labute approximate surface area is 231 Å². The Morgan fingerprint density at radius 2 is 1.46 bits per heavy atom. The van der Waals surface area contributed by atoms with E-state index in [1.54, 1.807) is 0 Å². The maximum absolute atomic E-state index is 14.7. The third-order valence-corrected chi connectivity index (χ3v) is 15.9. The van der Waals surface area contributed by atoms with Crippen LogP contribution in [-0.4, -0.2) is 25.4 Å². The zero-order chi connectivity index (χ0) is 27.4. The first kappa shape index (κ1) is 29.6. The molecule has 0 aromatic carbocycles. The van der Waals surface area contributed by atoms with E-state index in [0.717, 1.165) is 37.0 Å². The van der Waals surface area contributed by atoms with Crippen LogP contribution in [0.15, 0.2) is 0 Å². The third-order valence-electron chi connectivity index (χ3n) is 12.4. The summed E-state index contributed by atoms with van der Waals surface area (Å²) in [4.78, 5) is 14.7. The number of nitrogens with one attached hydrogen (secondary N) is 1. The van der Waals surface area contributed by atoms with Crippen molar-refractivity contribution in [2.24, 2.45) is 40.4 Å². The first-order valence-electron chi connectivity index (χ1n) is 16.1. The molecule has 0 radical (unpaired) electrons. The molecule has 0 aromatic rings. The fourth-order valence-corrected chi connectivity index (χ4v) is 13.3. The van der Waals surface area contributed by atoms with Crippen LogP contribution >= 0.6 is 0 Å². The molecule has 1 amide bonds. The van der Waals surface area contributed by atoms with Crippen LogP contribution in [0.1, 0.15) is 132 Å². The number of rotatable bonds is 4. The molecule has 4 aliphatic rings. The highest BCUT2D eigenvalue weighted by molar-refractivity contribution is 6.73. The molecule has 4 fully saturated rings. The highest BCUT2D eigenvalue weighted by Gasteiger charge is 2.65. The number of hydrogen-bond acceptors (Lipinski definition) is 2. The van der Waals surface area contributed by atoms with Crippen molar-refractivity contribution in [3.05, 3.63) is 0 Å². The largest absolute Gasteiger partial charge is 0.402 e. The van der Waals surface area contributed by atoms with E-state index in [4.69, 9.17) is 4.43 Å². The molecule has 2 bridgehead atoms. The summed E-state index contributed by atoms with van der Waals surface area (Å²) in [5.41, 5.74) is -0.0160. The fourth-order valence-electron chi connectivity index (χ4n) is 10.00. The molecule has 4 heteroatoms. The van der Waals surface area contributed by atoms with Crippen LogP contribution in [0.3, 0.4) is 0 Å². The van der Waals surface area contributed by atoms with Crippen LogP contribution in [0.25, 0.3) is 0 Å². The molecule has 4 aliphatic carbocycles. The van der Waals surface area contributed by atoms with Gasteiger partial charge in [-0.15, -0.1) is 0 Å². The van der Waals surface area contributed by atoms with E-state index >= 15 is 0 Å². The van der Waals surface area contributed by atoms with Gasteiger partial charge in [0.15, 0.2) is 8.32 Å². The van der Waals surface area contributed by atoms with Crippen LogP contribution in [-0.2, 0) is 9.22 Å². The molecule has 4 saturated carbocycles. The Bertz CT molecular complexity index is 825. The van der Waals surface area contributed by atoms with Crippen LogP contribution in [0.2, 0.25) is 18.6 Å². The van der Waals surface area contributed by atoms with Crippen LogP contribution < -0.4 is 5.32 Å². The predicted octanol–water partition coefficient (Wildman–Crippen LogP) is 9.12. The van der Waals surface area contributed by atoms with Crippen molar-refractivity contribution < 1.29 is 9.22 Å². The van der Waals surface area contributed by atoms with Gasteiger partial charge in [-0.05, 0) is 113 Å². The first-order valence-corrected chi connectivity index (χ1v) is 19.0. The fraction of sp³-hybridized carbons (Fsp3) is 0.970. The molecule has 3 nitrogen and oxygen atoms in total. The van der Waals surface area contributed by atoms with E-state index in [9.17, 15) is 4.79 Å². The van der Waals surface area contributed by atoms with E-state index in [-0.39, 0.29) is 16.9 Å². The quantitative estimate of drug-likeness (QED) is 0.367. The van der Waals surface area contributed by atoms with E-state index in [1.807, 2.05) is 0 Å². The molecule has 0 aromatic heterocycles. The SMILES string of the molecule is C[C@@H]1CCC(O[Si](C)(C)C2CCCCC2)(C(=O)NC(C)(C)C)[C@@]2(C)CC[C@H]3[C@H](C)CC[C@@H](C[C@H]12)C3(C)C. The van der Waals surface area contributed by atoms with Crippen molar-refractivity contribution in [1.82, 2.24) is 5.32 Å². The van der Waals surface area contributed by atoms with Crippen molar-refractivity contribution in [2.75, 3.05) is 0 Å². The average molecular weight is 532 g/mol. The van der Waals surface area contributed by atoms with E-state index in [0.29, 0.717) is 22.8 Å². The Hall–Kier alpha value is -0.353. The second-order valence-corrected chi connectivity index (χ2v) is 20.8. The second-order valence-electron chi connectivity index (χ2n) is 16.6. The van der Waals surface area contributed by atoms with Crippen LogP contribution in [0, 0.1) is 40.4 Å². The van der Waals surface area contributed by atoms with Gasteiger partial charge in [-0.2, -0.15) is 0 Å². The van der Waals surface area contributed by atoms with E-state index < -0.39 is 13.9 Å². The molecular formula is C33H61NO2Si. The minimum absolute atomic E-state index is 0.122. The lowest BCUT2D eigenvalue weighted by atomic mass is 9.45. The molecule has 0 saturated heterocycles. The Morgan fingerprint density at radius 3 is 2.08 bits per heavy atom. The van der Waals surface area contributed by atoms with Crippen molar-refractivity contribution in [3.8, 4) is 0 Å². The van der Waals surface area contributed by atoms with Gasteiger partial charge in [0.1, 0.15) is 5.60 Å². The summed E-state index contributed by atoms with van der Waals surface area (Å²) in [7, 11) is -2.11. The molecule has 4 rings (SSSR count). The summed E-state index contributed by atoms with van der Waals surface area (Å²) in [6.45, 7) is 24.0. The summed E-state index contributed by atoms with van der Waals surface area (Å²) < 4.78 is 7.66. The van der Waals surface area contributed by atoms with Gasteiger partial charge in [-0.3, -0.25) is 4.79 Å². The van der Waals surface area contributed by atoms with Crippen molar-refractivity contribution >= 4 is 14.2 Å². The van der Waals surface area contributed by atoms with Gasteiger partial charge in [-0.25, -0.2) is 0 Å². The van der Waals surface area contributed by atoms with Gasteiger partial charge in [0.25, 0.3) is 5.91 Å². The Balaban J connectivity index is 1.80. The van der Waals surface area contributed by atoms with Gasteiger partial charge in [0.05, 0.1) is 0 Å². The maximum Gasteiger partial charge on any atom is 0.252 e. The highest BCUT2D eigenvalue weighted by atomic mass is 28.4. The number of carbonyl (C=O) groups is 1. The average Bonchev–Trinajstić information content (AvgIpc) is 2.78. The van der Waals surface area contributed by atoms with Crippen LogP contribution in [0.5, 0.6) is 0 Å². The summed E-state index contributed by atoms with van der Waals surface area (Å²) in [6, 6.07) is 0. The van der Waals surface area contributed by atoms with E-state index in [2.05, 4.69) is 73.8 Å². The van der Waals surface area contributed by atoms with Crippen LogP contribution in [0.4, 0.5) is 0 Å². The predicted molar refractivity (Wildman–Crippen MR) is 159 cm³/mol. The number of amides is 1. The van der Waals surface area contributed by atoms with Gasteiger partial charge in [0, 0.05) is 11.0 Å². The molecule has 0 aliphatic heterocycles. The van der Waals surface area contributed by atoms with Gasteiger partial charge >= 0.3 is 0 Å². The number of carbonyl (C=O) groups excluding carboxylic acids is 1. The van der Waals surface area contributed by atoms with Gasteiger partial charge in [-0.1, -0.05) is 73.1 Å². The normalized spacial score (nSPS) is 41.3. The topological polar surface area (TPSA) is 38.3 Å². The standard InChI is InChI=1S/C33H61NO2Si/c1-23-16-17-25-22-28-24(2)18-21-33(29(35)34-30(3,4)5,32(28,8)20-19-27(23)31(25,6)7)36-37(9,10)26-14-12-11-13-15-26/h23-28H,11-22H2,1-10H3,(H,34,35)/t23-,24-,25+,27+,28-,32+,33?/m1/s1. The Kier molecular flexibility index (Phi) is 8.20. The highest BCUT2D eigenvalue weighted by Crippen LogP contribution is 2.64. The zero-order valence-corrected chi connectivity index (χ0v) is 27.3. The number of hydrogen-bond donors (Lipinski definition) is 1. The maximum atomic E-state index is 14.7. The molecule has 1 unspecified atom stereocenters. The van der Waals surface area contributed by atoms with Gasteiger partial charge in [0.2, 0.25) is 0 Å². The van der Waals surface area contributed by atoms with Gasteiger partial charge < -0.3 is 9.74 Å². The van der Waals surface area contributed by atoms with E-state index in [1.165, 1.54) is 57.8 Å².